The Morgan fingerprint density at radius 3 is 0.774 bits per heavy atom. The molecule has 11 nitrogen and oxygen atoms in total. The summed E-state index contributed by atoms with van der Waals surface area (Å²) in [6, 6.07) is 149. The molecule has 1 spiro atoms. The van der Waals surface area contributed by atoms with Crippen LogP contribution in [-0.4, -0.2) is 29.0 Å². The summed E-state index contributed by atoms with van der Waals surface area (Å²) in [6.07, 6.45) is 0. The fourth-order valence-electron chi connectivity index (χ4n) is 19.5. The summed E-state index contributed by atoms with van der Waals surface area (Å²) in [7, 11) is -3.75. The number of aromatic nitrogens is 3. The first-order valence-electron chi connectivity index (χ1n) is 42.0. The number of sulfone groups is 1. The third-order valence-corrected chi connectivity index (χ3v) is 27.0. The molecule has 5 heterocycles. The van der Waals surface area contributed by atoms with Crippen molar-refractivity contribution in [2.24, 2.45) is 0 Å². The topological polar surface area (TPSA) is 98.1 Å². The van der Waals surface area contributed by atoms with E-state index in [9.17, 15) is 13.2 Å². The van der Waals surface area contributed by atoms with E-state index in [4.69, 9.17) is 0 Å². The van der Waals surface area contributed by atoms with Crippen molar-refractivity contribution in [2.45, 2.75) is 53.7 Å². The summed E-state index contributed by atoms with van der Waals surface area (Å²) >= 11 is 0. The molecule has 12 heteroatoms. The molecule has 17 aromatic carbocycles. The van der Waals surface area contributed by atoms with Gasteiger partial charge in [-0.2, -0.15) is 0 Å². The molecule has 0 unspecified atom stereocenters. The van der Waals surface area contributed by atoms with Gasteiger partial charge in [0.15, 0.2) is 17.4 Å². The SMILES string of the molecule is CC1(C)c2ccccc2N(c2ccc(S(=O)(=O)c3ccc(N4c5ccccc5C(C)(C)c5ccccc54)cc3)cc2)c2ccccc21.O=C1c2ccccc2C2(c3ccccc31)c1ccccc1N(c1ccccc1)c1ccccc12.c1ccc(-c2nnc(-c3ccc(N4c5ccccc5N(c5ccccc5)c5ccccc54)cc3)n2-c2ccccc2)cc1. The number of rotatable bonds is 10. The average Bonchev–Trinajstić information content (AvgIpc) is 0.872. The molecule has 0 fully saturated rings. The van der Waals surface area contributed by atoms with Gasteiger partial charge >= 0.3 is 0 Å². The second-order valence-electron chi connectivity index (χ2n) is 32.8. The lowest BCUT2D eigenvalue weighted by Crippen LogP contribution is -2.42. The Kier molecular flexibility index (Phi) is 18.8. The smallest absolute Gasteiger partial charge is 0.206 e. The minimum Gasteiger partial charge on any atom is -0.310 e. The van der Waals surface area contributed by atoms with Gasteiger partial charge in [0.2, 0.25) is 9.84 Å². The molecular formula is C112H84N8O3S. The normalized spacial score (nSPS) is 14.2. The van der Waals surface area contributed by atoms with E-state index in [0.29, 0.717) is 0 Å². The van der Waals surface area contributed by atoms with E-state index in [1.165, 1.54) is 33.4 Å². The van der Waals surface area contributed by atoms with Crippen LogP contribution >= 0.6 is 0 Å². The zero-order chi connectivity index (χ0) is 83.8. The quantitative estimate of drug-likeness (QED) is 0.132. The molecule has 0 bridgehead atoms. The van der Waals surface area contributed by atoms with E-state index in [-0.39, 0.29) is 26.4 Å². The van der Waals surface area contributed by atoms with E-state index in [1.807, 2.05) is 91.0 Å². The lowest BCUT2D eigenvalue weighted by atomic mass is 9.57. The van der Waals surface area contributed by atoms with Gasteiger partial charge in [0.05, 0.1) is 72.1 Å². The Morgan fingerprint density at radius 1 is 0.218 bits per heavy atom. The number of fused-ring (bicyclic) bond motifs is 14. The minimum atomic E-state index is -3.75. The molecule has 1 aliphatic carbocycles. The third kappa shape index (κ3) is 12.4. The van der Waals surface area contributed by atoms with Crippen molar-refractivity contribution in [3.05, 3.63) is 492 Å². The van der Waals surface area contributed by atoms with Crippen LogP contribution in [0.4, 0.5) is 85.3 Å². The van der Waals surface area contributed by atoms with Crippen LogP contribution < -0.4 is 24.5 Å². The molecule has 5 aliphatic rings. The molecule has 0 radical (unpaired) electrons. The predicted molar refractivity (Wildman–Crippen MR) is 504 cm³/mol. The van der Waals surface area contributed by atoms with Gasteiger partial charge in [0, 0.05) is 67.2 Å². The van der Waals surface area contributed by atoms with Gasteiger partial charge in [-0.05, 0) is 214 Å². The molecule has 18 aromatic rings. The highest BCUT2D eigenvalue weighted by Gasteiger charge is 2.52. The van der Waals surface area contributed by atoms with Crippen LogP contribution in [0.3, 0.4) is 0 Å². The number of hydrogen-bond acceptors (Lipinski definition) is 10. The highest BCUT2D eigenvalue weighted by molar-refractivity contribution is 7.91. The van der Waals surface area contributed by atoms with Crippen molar-refractivity contribution in [1.82, 2.24) is 14.8 Å². The van der Waals surface area contributed by atoms with Crippen LogP contribution in [0.1, 0.15) is 88.1 Å². The molecule has 0 N–H and O–H groups in total. The number of ketones is 1. The van der Waals surface area contributed by atoms with E-state index in [0.717, 1.165) is 136 Å². The summed E-state index contributed by atoms with van der Waals surface area (Å²) in [5.41, 5.74) is 29.4. The second-order valence-corrected chi connectivity index (χ2v) is 34.7. The second kappa shape index (κ2) is 30.6. The fraction of sp³-hybridized carbons (Fsp3) is 0.0625. The predicted octanol–water partition coefficient (Wildman–Crippen LogP) is 28.0. The van der Waals surface area contributed by atoms with Crippen LogP contribution in [0.15, 0.2) is 447 Å². The number of carbonyl (C=O) groups is 1. The van der Waals surface area contributed by atoms with Crippen molar-refractivity contribution < 1.29 is 13.2 Å². The van der Waals surface area contributed by atoms with E-state index >= 15 is 0 Å². The lowest BCUT2D eigenvalue weighted by molar-refractivity contribution is 0.103. The highest BCUT2D eigenvalue weighted by Crippen LogP contribution is 2.62. The number of para-hydroxylation sites is 13. The van der Waals surface area contributed by atoms with Crippen LogP contribution in [0.25, 0.3) is 28.5 Å². The van der Waals surface area contributed by atoms with E-state index in [2.05, 4.69) is 388 Å². The number of carbonyl (C=O) groups excluding carboxylic acids is 1. The van der Waals surface area contributed by atoms with E-state index < -0.39 is 15.3 Å². The number of benzene rings is 17. The lowest BCUT2D eigenvalue weighted by Gasteiger charge is -2.48. The Hall–Kier alpha value is -15.5. The Labute approximate surface area is 723 Å². The Balaban J connectivity index is 0.000000115. The first-order chi connectivity index (χ1) is 60.8. The Bertz CT molecular complexity index is 6840. The van der Waals surface area contributed by atoms with Crippen molar-refractivity contribution in [3.8, 4) is 28.5 Å². The third-order valence-electron chi connectivity index (χ3n) is 25.2. The van der Waals surface area contributed by atoms with Crippen LogP contribution in [0.5, 0.6) is 0 Å². The summed E-state index contributed by atoms with van der Waals surface area (Å²) in [4.78, 5) is 25.7. The number of hydrogen-bond donors (Lipinski definition) is 0. The molecule has 0 amide bonds. The monoisotopic (exact) mass is 1620 g/mol. The van der Waals surface area contributed by atoms with E-state index in [1.54, 1.807) is 24.3 Å². The van der Waals surface area contributed by atoms with Crippen molar-refractivity contribution in [2.75, 3.05) is 24.5 Å². The number of anilines is 15. The van der Waals surface area contributed by atoms with Gasteiger partial charge in [0.1, 0.15) is 0 Å². The minimum absolute atomic E-state index is 0.0947. The first-order valence-corrected chi connectivity index (χ1v) is 43.5. The molecule has 0 atom stereocenters. The maximum absolute atomic E-state index is 13.9. The van der Waals surface area contributed by atoms with Gasteiger partial charge in [-0.15, -0.1) is 10.2 Å². The molecule has 0 saturated heterocycles. The van der Waals surface area contributed by atoms with Crippen LogP contribution in [-0.2, 0) is 26.1 Å². The fourth-order valence-corrected chi connectivity index (χ4v) is 20.7. The van der Waals surface area contributed by atoms with Gasteiger partial charge in [-0.1, -0.05) is 295 Å². The van der Waals surface area contributed by atoms with Gasteiger partial charge in [-0.25, -0.2) is 8.42 Å². The Morgan fingerprint density at radius 2 is 0.444 bits per heavy atom. The first kappa shape index (κ1) is 75.9. The van der Waals surface area contributed by atoms with Crippen molar-refractivity contribution >= 4 is 101 Å². The van der Waals surface area contributed by atoms with Gasteiger partial charge in [0.25, 0.3) is 0 Å². The van der Waals surface area contributed by atoms with Crippen molar-refractivity contribution in [1.29, 1.82) is 0 Å². The summed E-state index contributed by atoms with van der Waals surface area (Å²) in [6.45, 7) is 9.03. The molecule has 596 valence electrons. The zero-order valence-corrected chi connectivity index (χ0v) is 69.6. The standard InChI is InChI=1S/C42H36N2O2S.C38H27N5.C32H21NO/c1-41(2)33-13-5-9-17-37(33)43(38-18-10-6-14-34(38)41)29-21-25-31(26-22-29)47(45,46)32-27-23-30(24-28-32)44-39-19-11-7-15-35(39)42(3,4)36-16-8-12-20-40(36)44;1-4-14-28(15-5-1)37-39-40-38(43(37)31-18-8-3-9-19-31)29-24-26-32(27-25-29)42-35-22-12-10-20-33(35)41(30-16-6-2-7-17-30)34-21-11-13-23-36(34)42;34-31-23-14-4-6-16-25(23)32(26-17-7-5-15-24(26)31)27-18-8-10-20-29(27)33(22-12-2-1-3-13-22)30-21-11-9-19-28(30)32/h5-28H,1-4H3;1-27H;1-21H. The molecule has 23 rings (SSSR count). The highest BCUT2D eigenvalue weighted by atomic mass is 32.2. The molecular weight excluding hydrogens is 1540 g/mol. The van der Waals surface area contributed by atoms with Crippen LogP contribution in [0.2, 0.25) is 0 Å². The van der Waals surface area contributed by atoms with Crippen LogP contribution in [0, 0.1) is 0 Å². The molecule has 0 saturated carbocycles. The summed E-state index contributed by atoms with van der Waals surface area (Å²) < 4.78 is 30.0. The molecule has 1 aromatic heterocycles. The van der Waals surface area contributed by atoms with Crippen molar-refractivity contribution in [3.63, 3.8) is 0 Å². The maximum Gasteiger partial charge on any atom is 0.206 e. The number of nitrogens with zero attached hydrogens (tertiary/aromatic N) is 8. The van der Waals surface area contributed by atoms with Gasteiger partial charge in [-0.3, -0.25) is 9.36 Å². The zero-order valence-electron chi connectivity index (χ0n) is 68.8. The molecule has 124 heavy (non-hydrogen) atoms. The molecule has 4 aliphatic heterocycles. The summed E-state index contributed by atoms with van der Waals surface area (Å²) in [5, 5.41) is 9.33. The van der Waals surface area contributed by atoms with Gasteiger partial charge < -0.3 is 24.5 Å². The maximum atomic E-state index is 13.9. The average molecular weight is 1620 g/mol. The summed E-state index contributed by atoms with van der Waals surface area (Å²) in [5.74, 6) is 1.70. The largest absolute Gasteiger partial charge is 0.310 e.